The Labute approximate surface area is 122 Å². The van der Waals surface area contributed by atoms with E-state index in [0.29, 0.717) is 0 Å². The minimum atomic E-state index is 0.282. The maximum Gasteiger partial charge on any atom is 0.131 e. The van der Waals surface area contributed by atoms with Crippen LogP contribution in [0.3, 0.4) is 0 Å². The van der Waals surface area contributed by atoms with Crippen molar-refractivity contribution in [2.24, 2.45) is 7.05 Å². The summed E-state index contributed by atoms with van der Waals surface area (Å²) >= 11 is 0. The molecule has 1 fully saturated rings. The van der Waals surface area contributed by atoms with Gasteiger partial charge in [0.2, 0.25) is 0 Å². The largest absolute Gasteiger partial charge is 0.377 e. The molecule has 1 aromatic heterocycles. The Balaban J connectivity index is 2.19. The summed E-state index contributed by atoms with van der Waals surface area (Å²) in [7, 11) is 2.04. The van der Waals surface area contributed by atoms with Crippen LogP contribution in [0.15, 0.2) is 0 Å². The molecule has 1 saturated heterocycles. The predicted octanol–water partition coefficient (Wildman–Crippen LogP) is 1.84. The number of hydrogen-bond acceptors (Lipinski definition) is 4. The molecule has 2 rings (SSSR count). The van der Waals surface area contributed by atoms with E-state index >= 15 is 0 Å². The monoisotopic (exact) mass is 280 g/mol. The molecule has 0 amide bonds. The van der Waals surface area contributed by atoms with Gasteiger partial charge in [0.05, 0.1) is 11.8 Å². The first-order chi connectivity index (χ1) is 9.63. The number of nitrogens with zero attached hydrogens (tertiary/aromatic N) is 3. The smallest absolute Gasteiger partial charge is 0.131 e. The van der Waals surface area contributed by atoms with Gasteiger partial charge in [0.1, 0.15) is 5.82 Å². The van der Waals surface area contributed by atoms with Gasteiger partial charge in [-0.2, -0.15) is 5.10 Å². The topological polar surface area (TPSA) is 42.3 Å². The van der Waals surface area contributed by atoms with Crippen molar-refractivity contribution in [2.45, 2.75) is 46.3 Å². The Hall–Kier alpha value is -1.07. The van der Waals surface area contributed by atoms with E-state index in [0.717, 1.165) is 51.3 Å². The highest BCUT2D eigenvalue weighted by atomic mass is 16.5. The zero-order valence-corrected chi connectivity index (χ0v) is 13.3. The molecule has 114 valence electrons. The van der Waals surface area contributed by atoms with Crippen LogP contribution in [0.25, 0.3) is 0 Å². The van der Waals surface area contributed by atoms with Crippen LogP contribution in [-0.4, -0.2) is 42.1 Å². The summed E-state index contributed by atoms with van der Waals surface area (Å²) in [5.74, 6) is 1.25. The number of ether oxygens (including phenoxy) is 1. The van der Waals surface area contributed by atoms with Gasteiger partial charge < -0.3 is 15.0 Å². The van der Waals surface area contributed by atoms with Crippen LogP contribution in [0, 0.1) is 6.92 Å². The first-order valence-corrected chi connectivity index (χ1v) is 7.73. The van der Waals surface area contributed by atoms with Crippen molar-refractivity contribution in [3.05, 3.63) is 11.3 Å². The van der Waals surface area contributed by atoms with Gasteiger partial charge in [0, 0.05) is 38.9 Å². The van der Waals surface area contributed by atoms with Crippen LogP contribution in [0.4, 0.5) is 5.82 Å². The van der Waals surface area contributed by atoms with E-state index in [1.54, 1.807) is 0 Å². The lowest BCUT2D eigenvalue weighted by atomic mass is 10.2. The fourth-order valence-electron chi connectivity index (χ4n) is 2.87. The van der Waals surface area contributed by atoms with E-state index in [1.165, 1.54) is 11.4 Å². The number of anilines is 1. The minimum absolute atomic E-state index is 0.282. The van der Waals surface area contributed by atoms with Crippen LogP contribution >= 0.6 is 0 Å². The van der Waals surface area contributed by atoms with Crippen molar-refractivity contribution >= 4 is 5.82 Å². The fraction of sp³-hybridized carbons (Fsp3) is 0.800. The molecule has 5 nitrogen and oxygen atoms in total. The number of aryl methyl sites for hydroxylation is 2. The van der Waals surface area contributed by atoms with E-state index in [4.69, 9.17) is 4.74 Å². The van der Waals surface area contributed by atoms with Gasteiger partial charge in [-0.25, -0.2) is 0 Å². The van der Waals surface area contributed by atoms with Crippen LogP contribution in [0.1, 0.15) is 37.9 Å². The lowest BCUT2D eigenvalue weighted by Crippen LogP contribution is -2.33. The van der Waals surface area contributed by atoms with Gasteiger partial charge in [0.25, 0.3) is 0 Å². The Bertz CT molecular complexity index is 430. The quantitative estimate of drug-likeness (QED) is 0.836. The Kier molecular flexibility index (Phi) is 5.43. The molecule has 20 heavy (non-hydrogen) atoms. The second-order valence-corrected chi connectivity index (χ2v) is 5.67. The first-order valence-electron chi connectivity index (χ1n) is 7.73. The minimum Gasteiger partial charge on any atom is -0.377 e. The summed E-state index contributed by atoms with van der Waals surface area (Å²) < 4.78 is 7.78. The van der Waals surface area contributed by atoms with Gasteiger partial charge in [-0.05, 0) is 33.2 Å². The highest BCUT2D eigenvalue weighted by Gasteiger charge is 2.22. The standard InChI is InChI=1S/C15H28N4O/c1-5-7-16-10-14-13(3)17-18(4)15(14)19-8-6-9-20-12(2)11-19/h12,16H,5-11H2,1-4H3. The Morgan fingerprint density at radius 3 is 3.00 bits per heavy atom. The maximum absolute atomic E-state index is 5.75. The van der Waals surface area contributed by atoms with Crippen molar-refractivity contribution in [3.63, 3.8) is 0 Å². The second kappa shape index (κ2) is 7.09. The Morgan fingerprint density at radius 2 is 2.25 bits per heavy atom. The average Bonchev–Trinajstić information content (AvgIpc) is 2.57. The SMILES string of the molecule is CCCNCc1c(C)nn(C)c1N1CCCOC(C)C1. The molecule has 0 spiro atoms. The molecule has 1 unspecified atom stereocenters. The predicted molar refractivity (Wildman–Crippen MR) is 82.2 cm³/mol. The summed E-state index contributed by atoms with van der Waals surface area (Å²) in [5, 5.41) is 8.12. The van der Waals surface area contributed by atoms with E-state index < -0.39 is 0 Å². The van der Waals surface area contributed by atoms with Crippen molar-refractivity contribution in [1.29, 1.82) is 0 Å². The summed E-state index contributed by atoms with van der Waals surface area (Å²) in [6, 6.07) is 0. The molecule has 1 aliphatic heterocycles. The normalized spacial score (nSPS) is 20.2. The zero-order chi connectivity index (χ0) is 14.5. The molecule has 0 aliphatic carbocycles. The molecule has 0 aromatic carbocycles. The summed E-state index contributed by atoms with van der Waals surface area (Å²) in [6.45, 7) is 11.2. The molecule has 1 atom stereocenters. The molecule has 1 aromatic rings. The molecule has 1 aliphatic rings. The van der Waals surface area contributed by atoms with Crippen LogP contribution in [0.2, 0.25) is 0 Å². The third-order valence-electron chi connectivity index (χ3n) is 3.79. The van der Waals surface area contributed by atoms with Gasteiger partial charge in [-0.1, -0.05) is 6.92 Å². The number of rotatable bonds is 5. The van der Waals surface area contributed by atoms with Crippen LogP contribution in [0.5, 0.6) is 0 Å². The third-order valence-corrected chi connectivity index (χ3v) is 3.79. The van der Waals surface area contributed by atoms with Crippen molar-refractivity contribution in [3.8, 4) is 0 Å². The van der Waals surface area contributed by atoms with Crippen LogP contribution in [-0.2, 0) is 18.3 Å². The highest BCUT2D eigenvalue weighted by molar-refractivity contribution is 5.50. The summed E-state index contributed by atoms with van der Waals surface area (Å²) in [6.07, 6.45) is 2.52. The number of nitrogens with one attached hydrogen (secondary N) is 1. The Morgan fingerprint density at radius 1 is 1.45 bits per heavy atom. The van der Waals surface area contributed by atoms with E-state index in [1.807, 2.05) is 11.7 Å². The zero-order valence-electron chi connectivity index (χ0n) is 13.3. The summed E-state index contributed by atoms with van der Waals surface area (Å²) in [5.41, 5.74) is 2.46. The molecular weight excluding hydrogens is 252 g/mol. The van der Waals surface area contributed by atoms with Gasteiger partial charge >= 0.3 is 0 Å². The molecular formula is C15H28N4O. The fourth-order valence-corrected chi connectivity index (χ4v) is 2.87. The molecule has 0 bridgehead atoms. The van der Waals surface area contributed by atoms with E-state index in [9.17, 15) is 0 Å². The number of aromatic nitrogens is 2. The van der Waals surface area contributed by atoms with Crippen LogP contribution < -0.4 is 10.2 Å². The maximum atomic E-state index is 5.75. The lowest BCUT2D eigenvalue weighted by molar-refractivity contribution is 0.0820. The lowest BCUT2D eigenvalue weighted by Gasteiger charge is -2.25. The van der Waals surface area contributed by atoms with Crippen molar-refractivity contribution in [2.75, 3.05) is 31.1 Å². The number of hydrogen-bond donors (Lipinski definition) is 1. The molecule has 0 radical (unpaired) electrons. The molecule has 2 heterocycles. The summed E-state index contributed by atoms with van der Waals surface area (Å²) in [4.78, 5) is 2.43. The first kappa shape index (κ1) is 15.3. The molecule has 5 heteroatoms. The molecule has 0 saturated carbocycles. The van der Waals surface area contributed by atoms with E-state index in [2.05, 4.69) is 36.1 Å². The van der Waals surface area contributed by atoms with E-state index in [-0.39, 0.29) is 6.10 Å². The van der Waals surface area contributed by atoms with Gasteiger partial charge in [-0.15, -0.1) is 0 Å². The van der Waals surface area contributed by atoms with Crippen molar-refractivity contribution in [1.82, 2.24) is 15.1 Å². The second-order valence-electron chi connectivity index (χ2n) is 5.67. The van der Waals surface area contributed by atoms with Gasteiger partial charge in [0.15, 0.2) is 0 Å². The third kappa shape index (κ3) is 3.52. The van der Waals surface area contributed by atoms with Crippen molar-refractivity contribution < 1.29 is 4.74 Å². The highest BCUT2D eigenvalue weighted by Crippen LogP contribution is 2.25. The van der Waals surface area contributed by atoms with Gasteiger partial charge in [-0.3, -0.25) is 4.68 Å². The average molecular weight is 280 g/mol. The molecule has 1 N–H and O–H groups in total.